The topological polar surface area (TPSA) is 55.6 Å². The van der Waals surface area contributed by atoms with Crippen molar-refractivity contribution in [3.63, 3.8) is 0 Å². The van der Waals surface area contributed by atoms with Crippen LogP contribution in [0.25, 0.3) is 15.9 Å². The van der Waals surface area contributed by atoms with Crippen LogP contribution in [0.4, 0.5) is 10.2 Å². The number of aromatic nitrogens is 4. The van der Waals surface area contributed by atoms with Crippen LogP contribution >= 0.6 is 11.3 Å². The first-order valence-electron chi connectivity index (χ1n) is 7.98. The highest BCUT2D eigenvalue weighted by Gasteiger charge is 2.09. The fraction of sp³-hybridized carbons (Fsp3) is 0.167. The standard InChI is InChI=1S/C18H16FN5S/c1-2-13-8-14-17(22-10-23-18(14)25-13)21-9-12-3-4-16(15(19)7-12)24-6-5-20-11-24/h3-8,10-11H,2,9H2,1H3,(H,21,22,23). The molecule has 0 aliphatic carbocycles. The third-order valence-corrected chi connectivity index (χ3v) is 5.17. The van der Waals surface area contributed by atoms with E-state index in [4.69, 9.17) is 0 Å². The van der Waals surface area contributed by atoms with Gasteiger partial charge in [0.05, 0.1) is 17.4 Å². The molecule has 1 N–H and O–H groups in total. The van der Waals surface area contributed by atoms with Gasteiger partial charge in [0.1, 0.15) is 22.8 Å². The lowest BCUT2D eigenvalue weighted by molar-refractivity contribution is 0.616. The zero-order chi connectivity index (χ0) is 17.2. The Bertz CT molecular complexity index is 1010. The average Bonchev–Trinajstić information content (AvgIpc) is 3.29. The molecule has 0 amide bonds. The van der Waals surface area contributed by atoms with Crippen LogP contribution < -0.4 is 5.32 Å². The third-order valence-electron chi connectivity index (χ3n) is 3.98. The zero-order valence-corrected chi connectivity index (χ0v) is 14.4. The predicted octanol–water partition coefficient (Wildman–Crippen LogP) is 4.19. The highest BCUT2D eigenvalue weighted by molar-refractivity contribution is 7.18. The van der Waals surface area contributed by atoms with Gasteiger partial charge in [-0.25, -0.2) is 19.3 Å². The highest BCUT2D eigenvalue weighted by Crippen LogP contribution is 2.28. The number of anilines is 1. The van der Waals surface area contributed by atoms with Gasteiger partial charge in [-0.1, -0.05) is 13.0 Å². The normalized spacial score (nSPS) is 11.1. The molecule has 1 aromatic carbocycles. The van der Waals surface area contributed by atoms with Gasteiger partial charge in [0, 0.05) is 23.8 Å². The molecule has 0 aliphatic rings. The number of rotatable bonds is 5. The monoisotopic (exact) mass is 353 g/mol. The van der Waals surface area contributed by atoms with Gasteiger partial charge >= 0.3 is 0 Å². The molecule has 0 fully saturated rings. The Morgan fingerprint density at radius 3 is 2.92 bits per heavy atom. The predicted molar refractivity (Wildman–Crippen MR) is 97.6 cm³/mol. The number of aryl methyl sites for hydroxylation is 1. The van der Waals surface area contributed by atoms with Crippen molar-refractivity contribution in [2.75, 3.05) is 5.32 Å². The third kappa shape index (κ3) is 3.10. The Labute approximate surface area is 148 Å². The summed E-state index contributed by atoms with van der Waals surface area (Å²) in [5.74, 6) is 0.494. The van der Waals surface area contributed by atoms with Crippen LogP contribution in [0.15, 0.2) is 49.3 Å². The maximum Gasteiger partial charge on any atom is 0.147 e. The molecule has 0 unspecified atom stereocenters. The van der Waals surface area contributed by atoms with Crippen molar-refractivity contribution in [1.82, 2.24) is 19.5 Å². The van der Waals surface area contributed by atoms with Gasteiger partial charge in [0.2, 0.25) is 0 Å². The summed E-state index contributed by atoms with van der Waals surface area (Å²) in [5.41, 5.74) is 1.33. The second-order valence-electron chi connectivity index (χ2n) is 5.62. The van der Waals surface area contributed by atoms with E-state index < -0.39 is 0 Å². The maximum absolute atomic E-state index is 14.3. The SMILES string of the molecule is CCc1cc2c(NCc3ccc(-n4ccnc4)c(F)c3)ncnc2s1. The minimum Gasteiger partial charge on any atom is -0.365 e. The van der Waals surface area contributed by atoms with Gasteiger partial charge in [-0.15, -0.1) is 11.3 Å². The van der Waals surface area contributed by atoms with Gasteiger partial charge in [-0.3, -0.25) is 0 Å². The number of hydrogen-bond donors (Lipinski definition) is 1. The van der Waals surface area contributed by atoms with E-state index in [1.54, 1.807) is 47.0 Å². The van der Waals surface area contributed by atoms with Crippen molar-refractivity contribution in [3.8, 4) is 5.69 Å². The first kappa shape index (κ1) is 15.7. The molecule has 25 heavy (non-hydrogen) atoms. The van der Waals surface area contributed by atoms with E-state index in [9.17, 15) is 4.39 Å². The molecule has 0 spiro atoms. The number of halogens is 1. The number of imidazole rings is 1. The molecule has 0 saturated carbocycles. The molecule has 4 rings (SSSR count). The summed E-state index contributed by atoms with van der Waals surface area (Å²) in [6.45, 7) is 2.61. The largest absolute Gasteiger partial charge is 0.365 e. The lowest BCUT2D eigenvalue weighted by Gasteiger charge is -2.09. The molecule has 0 saturated heterocycles. The molecule has 3 aromatic heterocycles. The zero-order valence-electron chi connectivity index (χ0n) is 13.6. The van der Waals surface area contributed by atoms with Crippen LogP contribution in [0.5, 0.6) is 0 Å². The summed E-state index contributed by atoms with van der Waals surface area (Å²) >= 11 is 1.68. The van der Waals surface area contributed by atoms with E-state index in [0.717, 1.165) is 28.0 Å². The molecule has 0 atom stereocenters. The van der Waals surface area contributed by atoms with E-state index in [-0.39, 0.29) is 5.82 Å². The first-order chi connectivity index (χ1) is 12.2. The van der Waals surface area contributed by atoms with E-state index in [0.29, 0.717) is 12.2 Å². The molecule has 0 aliphatic heterocycles. The fourth-order valence-corrected chi connectivity index (χ4v) is 3.61. The lowest BCUT2D eigenvalue weighted by Crippen LogP contribution is -2.03. The Morgan fingerprint density at radius 1 is 1.24 bits per heavy atom. The molecule has 126 valence electrons. The van der Waals surface area contributed by atoms with Crippen molar-refractivity contribution in [2.24, 2.45) is 0 Å². The van der Waals surface area contributed by atoms with Gasteiger partial charge in [0.25, 0.3) is 0 Å². The average molecular weight is 353 g/mol. The van der Waals surface area contributed by atoms with Crippen LogP contribution in [0.3, 0.4) is 0 Å². The number of nitrogens with zero attached hydrogens (tertiary/aromatic N) is 4. The van der Waals surface area contributed by atoms with Gasteiger partial charge in [0.15, 0.2) is 0 Å². The van der Waals surface area contributed by atoms with Crippen molar-refractivity contribution in [2.45, 2.75) is 19.9 Å². The van der Waals surface area contributed by atoms with Crippen molar-refractivity contribution in [3.05, 3.63) is 65.6 Å². The number of thiophene rings is 1. The Hall–Kier alpha value is -2.80. The van der Waals surface area contributed by atoms with E-state index >= 15 is 0 Å². The summed E-state index contributed by atoms with van der Waals surface area (Å²) < 4.78 is 16.0. The Kier molecular flexibility index (Phi) is 4.15. The summed E-state index contributed by atoms with van der Waals surface area (Å²) in [5, 5.41) is 4.31. The quantitative estimate of drug-likeness (QED) is 0.584. The lowest BCUT2D eigenvalue weighted by atomic mass is 10.2. The molecular formula is C18H16FN5S. The highest BCUT2D eigenvalue weighted by atomic mass is 32.1. The first-order valence-corrected chi connectivity index (χ1v) is 8.80. The number of nitrogens with one attached hydrogen (secondary N) is 1. The van der Waals surface area contributed by atoms with Gasteiger partial charge < -0.3 is 9.88 Å². The molecule has 7 heteroatoms. The molecule has 0 radical (unpaired) electrons. The second kappa shape index (κ2) is 6.60. The summed E-state index contributed by atoms with van der Waals surface area (Å²) in [7, 11) is 0. The molecule has 0 bridgehead atoms. The van der Waals surface area contributed by atoms with Crippen LogP contribution in [-0.4, -0.2) is 19.5 Å². The van der Waals surface area contributed by atoms with E-state index in [1.807, 2.05) is 6.07 Å². The minimum absolute atomic E-state index is 0.283. The smallest absolute Gasteiger partial charge is 0.147 e. The molecule has 3 heterocycles. The van der Waals surface area contributed by atoms with Crippen molar-refractivity contribution < 1.29 is 4.39 Å². The Balaban J connectivity index is 1.55. The minimum atomic E-state index is -0.283. The molecule has 4 aromatic rings. The molecule has 5 nitrogen and oxygen atoms in total. The van der Waals surface area contributed by atoms with Crippen LogP contribution in [-0.2, 0) is 13.0 Å². The van der Waals surface area contributed by atoms with E-state index in [2.05, 4.69) is 33.3 Å². The summed E-state index contributed by atoms with van der Waals surface area (Å²) in [4.78, 5) is 14.8. The summed E-state index contributed by atoms with van der Waals surface area (Å²) in [6.07, 6.45) is 7.46. The van der Waals surface area contributed by atoms with Crippen molar-refractivity contribution in [1.29, 1.82) is 0 Å². The fourth-order valence-electron chi connectivity index (χ4n) is 2.68. The number of hydrogen-bond acceptors (Lipinski definition) is 5. The number of benzene rings is 1. The second-order valence-corrected chi connectivity index (χ2v) is 6.73. The Morgan fingerprint density at radius 2 is 2.16 bits per heavy atom. The maximum atomic E-state index is 14.3. The van der Waals surface area contributed by atoms with Gasteiger partial charge in [-0.05, 0) is 30.2 Å². The van der Waals surface area contributed by atoms with Gasteiger partial charge in [-0.2, -0.15) is 0 Å². The van der Waals surface area contributed by atoms with Crippen LogP contribution in [0.1, 0.15) is 17.4 Å². The van der Waals surface area contributed by atoms with Crippen LogP contribution in [0.2, 0.25) is 0 Å². The van der Waals surface area contributed by atoms with Crippen molar-refractivity contribution >= 4 is 27.4 Å². The van der Waals surface area contributed by atoms with E-state index in [1.165, 1.54) is 10.9 Å². The summed E-state index contributed by atoms with van der Waals surface area (Å²) in [6, 6.07) is 7.30. The molecular weight excluding hydrogens is 337 g/mol. The number of fused-ring (bicyclic) bond motifs is 1. The van der Waals surface area contributed by atoms with Crippen LogP contribution in [0, 0.1) is 5.82 Å².